The van der Waals surface area contributed by atoms with E-state index in [-0.39, 0.29) is 17.8 Å². The van der Waals surface area contributed by atoms with Crippen molar-refractivity contribution in [3.63, 3.8) is 0 Å². The number of carbonyl (C=O) groups is 1. The van der Waals surface area contributed by atoms with E-state index in [1.807, 2.05) is 13.8 Å². The normalized spacial score (nSPS) is 22.7. The number of carbonyl (C=O) groups excluding carboxylic acids is 1. The van der Waals surface area contributed by atoms with E-state index in [1.54, 1.807) is 26.4 Å². The summed E-state index contributed by atoms with van der Waals surface area (Å²) in [4.78, 5) is 11.7. The van der Waals surface area contributed by atoms with Crippen LogP contribution in [0.1, 0.15) is 25.3 Å². The van der Waals surface area contributed by atoms with Crippen LogP contribution in [0.2, 0.25) is 0 Å². The van der Waals surface area contributed by atoms with Crippen molar-refractivity contribution in [2.45, 2.75) is 19.8 Å². The third-order valence-corrected chi connectivity index (χ3v) is 3.32. The minimum atomic E-state index is -0.208. The Hall–Kier alpha value is -1.71. The molecular weight excluding hydrogens is 220 g/mol. The minimum Gasteiger partial charge on any atom is -0.496 e. The lowest BCUT2D eigenvalue weighted by Gasteiger charge is -2.28. The van der Waals surface area contributed by atoms with Gasteiger partial charge in [0.25, 0.3) is 0 Å². The highest BCUT2D eigenvalue weighted by atomic mass is 16.5. The summed E-state index contributed by atoms with van der Waals surface area (Å²) in [5.74, 6) is 1.57. The zero-order valence-electron chi connectivity index (χ0n) is 10.4. The summed E-state index contributed by atoms with van der Waals surface area (Å²) < 4.78 is 15.8. The number of esters is 1. The van der Waals surface area contributed by atoms with Gasteiger partial charge >= 0.3 is 5.97 Å². The Bertz CT molecular complexity index is 453. The number of methoxy groups -OCH3 is 2. The molecule has 0 bridgehead atoms. The van der Waals surface area contributed by atoms with Crippen molar-refractivity contribution < 1.29 is 19.0 Å². The van der Waals surface area contributed by atoms with Gasteiger partial charge in [0.05, 0.1) is 20.1 Å². The van der Waals surface area contributed by atoms with Gasteiger partial charge in [-0.15, -0.1) is 0 Å². The molecule has 1 aromatic rings. The third kappa shape index (κ3) is 1.84. The van der Waals surface area contributed by atoms with Crippen LogP contribution in [-0.2, 0) is 4.79 Å². The van der Waals surface area contributed by atoms with Crippen molar-refractivity contribution in [3.8, 4) is 17.2 Å². The second kappa shape index (κ2) is 4.28. The third-order valence-electron chi connectivity index (χ3n) is 3.32. The molecule has 0 saturated heterocycles. The van der Waals surface area contributed by atoms with Crippen LogP contribution in [0.25, 0.3) is 0 Å². The fraction of sp³-hybridized carbons (Fsp3) is 0.462. The summed E-state index contributed by atoms with van der Waals surface area (Å²) in [6.45, 7) is 3.86. The molecule has 0 amide bonds. The van der Waals surface area contributed by atoms with Crippen LogP contribution in [0.4, 0.5) is 0 Å². The van der Waals surface area contributed by atoms with Gasteiger partial charge in [0.15, 0.2) is 0 Å². The molecule has 0 radical (unpaired) electrons. The van der Waals surface area contributed by atoms with Gasteiger partial charge in [-0.3, -0.25) is 4.79 Å². The van der Waals surface area contributed by atoms with Crippen molar-refractivity contribution in [2.75, 3.05) is 14.2 Å². The van der Waals surface area contributed by atoms with Gasteiger partial charge in [-0.25, -0.2) is 0 Å². The van der Waals surface area contributed by atoms with Crippen LogP contribution in [0.5, 0.6) is 17.2 Å². The Kier molecular flexibility index (Phi) is 2.96. The Balaban J connectivity index is 2.58. The van der Waals surface area contributed by atoms with E-state index in [4.69, 9.17) is 14.2 Å². The van der Waals surface area contributed by atoms with Crippen molar-refractivity contribution in [1.29, 1.82) is 0 Å². The highest BCUT2D eigenvalue weighted by Gasteiger charge is 2.34. The molecule has 1 aliphatic heterocycles. The Labute approximate surface area is 100 Å². The number of benzene rings is 1. The van der Waals surface area contributed by atoms with Crippen LogP contribution < -0.4 is 14.2 Å². The summed E-state index contributed by atoms with van der Waals surface area (Å²) in [5.41, 5.74) is 0.931. The molecule has 0 N–H and O–H groups in total. The Morgan fingerprint density at radius 1 is 1.12 bits per heavy atom. The van der Waals surface area contributed by atoms with Gasteiger partial charge in [0.1, 0.15) is 17.2 Å². The van der Waals surface area contributed by atoms with Crippen LogP contribution >= 0.6 is 0 Å². The van der Waals surface area contributed by atoms with E-state index in [0.717, 1.165) is 5.56 Å². The molecule has 0 fully saturated rings. The Morgan fingerprint density at radius 3 is 2.41 bits per heavy atom. The molecular formula is C13H16O4. The number of ether oxygens (including phenoxy) is 3. The predicted octanol–water partition coefficient (Wildman–Crippen LogP) is 2.36. The molecule has 0 aliphatic carbocycles. The minimum absolute atomic E-state index is 0.0760. The average molecular weight is 236 g/mol. The molecule has 2 rings (SSSR count). The predicted molar refractivity (Wildman–Crippen MR) is 62.8 cm³/mol. The maximum Gasteiger partial charge on any atom is 0.314 e. The topological polar surface area (TPSA) is 44.8 Å². The molecule has 2 atom stereocenters. The lowest BCUT2D eigenvalue weighted by atomic mass is 9.85. The van der Waals surface area contributed by atoms with Gasteiger partial charge in [-0.05, 0) is 0 Å². The summed E-state index contributed by atoms with van der Waals surface area (Å²) in [7, 11) is 3.17. The summed E-state index contributed by atoms with van der Waals surface area (Å²) in [5, 5.41) is 0. The van der Waals surface area contributed by atoms with Gasteiger partial charge in [-0.2, -0.15) is 0 Å². The van der Waals surface area contributed by atoms with Gasteiger partial charge in [0.2, 0.25) is 0 Å². The smallest absolute Gasteiger partial charge is 0.314 e. The molecule has 92 valence electrons. The molecule has 1 aliphatic rings. The van der Waals surface area contributed by atoms with Crippen molar-refractivity contribution in [2.24, 2.45) is 5.92 Å². The lowest BCUT2D eigenvalue weighted by Crippen LogP contribution is -2.28. The fourth-order valence-corrected chi connectivity index (χ4v) is 2.05. The number of rotatable bonds is 2. The molecule has 0 aromatic heterocycles. The van der Waals surface area contributed by atoms with E-state index in [2.05, 4.69) is 0 Å². The monoisotopic (exact) mass is 236 g/mol. The Morgan fingerprint density at radius 2 is 1.82 bits per heavy atom. The highest BCUT2D eigenvalue weighted by Crippen LogP contribution is 2.45. The molecule has 4 heteroatoms. The first kappa shape index (κ1) is 11.8. The zero-order valence-corrected chi connectivity index (χ0v) is 10.4. The maximum atomic E-state index is 11.7. The molecule has 4 nitrogen and oxygen atoms in total. The van der Waals surface area contributed by atoms with Gasteiger partial charge in [0, 0.05) is 23.6 Å². The first-order valence-corrected chi connectivity index (χ1v) is 5.56. The molecule has 2 unspecified atom stereocenters. The van der Waals surface area contributed by atoms with E-state index in [9.17, 15) is 4.79 Å². The maximum absolute atomic E-state index is 11.7. The quantitative estimate of drug-likeness (QED) is 0.584. The molecule has 1 heterocycles. The lowest BCUT2D eigenvalue weighted by molar-refractivity contribution is -0.140. The number of hydrogen-bond acceptors (Lipinski definition) is 4. The second-order valence-corrected chi connectivity index (χ2v) is 4.24. The number of hydrogen-bond donors (Lipinski definition) is 0. The first-order chi connectivity index (χ1) is 8.08. The van der Waals surface area contributed by atoms with Gasteiger partial charge < -0.3 is 14.2 Å². The number of fused-ring (bicyclic) bond motifs is 1. The first-order valence-electron chi connectivity index (χ1n) is 5.56. The SMILES string of the molecule is COc1cc(OC)c2c(c1)OC(=O)C(C)C2C. The fourth-order valence-electron chi connectivity index (χ4n) is 2.05. The highest BCUT2D eigenvalue weighted by molar-refractivity contribution is 5.80. The van der Waals surface area contributed by atoms with Crippen LogP contribution in [0.15, 0.2) is 12.1 Å². The van der Waals surface area contributed by atoms with E-state index >= 15 is 0 Å². The van der Waals surface area contributed by atoms with Crippen molar-refractivity contribution in [1.82, 2.24) is 0 Å². The van der Waals surface area contributed by atoms with Crippen molar-refractivity contribution >= 4 is 5.97 Å². The molecule has 1 aromatic carbocycles. The van der Waals surface area contributed by atoms with E-state index in [0.29, 0.717) is 17.2 Å². The van der Waals surface area contributed by atoms with Crippen LogP contribution in [0.3, 0.4) is 0 Å². The molecule has 0 spiro atoms. The second-order valence-electron chi connectivity index (χ2n) is 4.24. The largest absolute Gasteiger partial charge is 0.496 e. The molecule has 0 saturated carbocycles. The van der Waals surface area contributed by atoms with E-state index in [1.165, 1.54) is 0 Å². The van der Waals surface area contributed by atoms with Crippen LogP contribution in [-0.4, -0.2) is 20.2 Å². The average Bonchev–Trinajstić information content (AvgIpc) is 2.34. The molecule has 17 heavy (non-hydrogen) atoms. The zero-order chi connectivity index (χ0) is 12.6. The summed E-state index contributed by atoms with van der Waals surface area (Å²) in [6.07, 6.45) is 0. The summed E-state index contributed by atoms with van der Waals surface area (Å²) >= 11 is 0. The van der Waals surface area contributed by atoms with Crippen LogP contribution in [0, 0.1) is 5.92 Å². The summed E-state index contributed by atoms with van der Waals surface area (Å²) in [6, 6.07) is 3.53. The standard InChI is InChI=1S/C13H16O4/c1-7-8(2)13(14)17-11-6-9(15-3)5-10(16-4)12(7)11/h5-8H,1-4H3. The van der Waals surface area contributed by atoms with Crippen molar-refractivity contribution in [3.05, 3.63) is 17.7 Å². The van der Waals surface area contributed by atoms with E-state index < -0.39 is 0 Å². The van der Waals surface area contributed by atoms with Gasteiger partial charge in [-0.1, -0.05) is 13.8 Å².